The molecule has 0 aromatic heterocycles. The van der Waals surface area contributed by atoms with Crippen LogP contribution in [0.15, 0.2) is 48.5 Å². The van der Waals surface area contributed by atoms with E-state index in [0.29, 0.717) is 5.92 Å². The van der Waals surface area contributed by atoms with Gasteiger partial charge in [0.25, 0.3) is 0 Å². The molecule has 2 aromatic rings. The van der Waals surface area contributed by atoms with Crippen LogP contribution in [-0.4, -0.2) is 37.4 Å². The Labute approximate surface area is 182 Å². The Hall–Kier alpha value is -1.47. The predicted octanol–water partition coefficient (Wildman–Crippen LogP) is 5.55. The highest BCUT2D eigenvalue weighted by Crippen LogP contribution is 2.32. The van der Waals surface area contributed by atoms with Crippen LogP contribution in [0.3, 0.4) is 0 Å². The summed E-state index contributed by atoms with van der Waals surface area (Å²) in [6.45, 7) is 7.88. The van der Waals surface area contributed by atoms with Gasteiger partial charge >= 0.3 is 6.36 Å². The molecule has 1 heterocycles. The van der Waals surface area contributed by atoms with E-state index in [1.165, 1.54) is 17.7 Å². The molecule has 1 aliphatic heterocycles. The summed E-state index contributed by atoms with van der Waals surface area (Å²) in [5.41, 5.74) is 3.38. The van der Waals surface area contributed by atoms with Gasteiger partial charge in [-0.25, -0.2) is 0 Å². The number of halogens is 5. The summed E-state index contributed by atoms with van der Waals surface area (Å²) in [7, 11) is 0. The van der Waals surface area contributed by atoms with Gasteiger partial charge in [-0.15, -0.1) is 38.0 Å². The Morgan fingerprint density at radius 3 is 1.72 bits per heavy atom. The first-order chi connectivity index (χ1) is 12.8. The Bertz CT molecular complexity index is 731. The molecule has 1 atom stereocenters. The first kappa shape index (κ1) is 25.6. The maximum absolute atomic E-state index is 12.4. The Kier molecular flexibility index (Phi) is 9.76. The topological polar surface area (TPSA) is 24.5 Å². The molecular formula is C21H27Cl2F3N2O. The van der Waals surface area contributed by atoms with Gasteiger partial charge in [0.05, 0.1) is 6.04 Å². The van der Waals surface area contributed by atoms with E-state index < -0.39 is 6.36 Å². The summed E-state index contributed by atoms with van der Waals surface area (Å²) in [5.74, 6) is 0.260. The molecular weight excluding hydrogens is 424 g/mol. The van der Waals surface area contributed by atoms with E-state index in [1.54, 1.807) is 12.1 Å². The monoisotopic (exact) mass is 450 g/mol. The number of nitrogens with zero attached hydrogens (tertiary/aromatic N) is 1. The standard InChI is InChI=1S/C21H25F3N2O.2ClH/c1-15(2)16-3-5-17(6-4-16)20(26-13-11-25-12-14-26)18-7-9-19(10-8-18)27-21(22,23)24;;/h3-10,15,20,25H,11-14H2,1-2H3;2*1H/t20-;;/m0../s1. The van der Waals surface area contributed by atoms with Crippen LogP contribution in [0.1, 0.15) is 42.5 Å². The minimum Gasteiger partial charge on any atom is -0.406 e. The summed E-state index contributed by atoms with van der Waals surface area (Å²) < 4.78 is 41.3. The van der Waals surface area contributed by atoms with Crippen molar-refractivity contribution in [3.8, 4) is 5.75 Å². The van der Waals surface area contributed by atoms with Crippen molar-refractivity contribution in [2.24, 2.45) is 0 Å². The molecule has 0 saturated carbocycles. The first-order valence-electron chi connectivity index (χ1n) is 9.24. The fourth-order valence-corrected chi connectivity index (χ4v) is 3.47. The van der Waals surface area contributed by atoms with E-state index in [4.69, 9.17) is 0 Å². The molecule has 3 nitrogen and oxygen atoms in total. The van der Waals surface area contributed by atoms with Gasteiger partial charge in [-0.1, -0.05) is 50.2 Å². The number of hydrogen-bond donors (Lipinski definition) is 1. The van der Waals surface area contributed by atoms with E-state index in [1.807, 2.05) is 0 Å². The van der Waals surface area contributed by atoms with Crippen molar-refractivity contribution in [2.45, 2.75) is 32.2 Å². The minimum absolute atomic E-state index is 0. The fourth-order valence-electron chi connectivity index (χ4n) is 3.47. The number of rotatable bonds is 5. The molecule has 0 spiro atoms. The Morgan fingerprint density at radius 1 is 0.828 bits per heavy atom. The van der Waals surface area contributed by atoms with E-state index >= 15 is 0 Å². The van der Waals surface area contributed by atoms with E-state index in [-0.39, 0.29) is 36.6 Å². The van der Waals surface area contributed by atoms with Crippen LogP contribution in [0, 0.1) is 0 Å². The summed E-state index contributed by atoms with van der Waals surface area (Å²) in [6.07, 6.45) is -4.67. The van der Waals surface area contributed by atoms with Crippen LogP contribution >= 0.6 is 24.8 Å². The molecule has 0 amide bonds. The van der Waals surface area contributed by atoms with E-state index in [2.05, 4.69) is 53.1 Å². The van der Waals surface area contributed by atoms with Gasteiger partial charge in [0.2, 0.25) is 0 Å². The van der Waals surface area contributed by atoms with Crippen molar-refractivity contribution in [1.29, 1.82) is 0 Å². The van der Waals surface area contributed by atoms with Gasteiger partial charge in [-0.3, -0.25) is 4.90 Å². The maximum atomic E-state index is 12.4. The Morgan fingerprint density at radius 2 is 1.28 bits per heavy atom. The summed E-state index contributed by atoms with van der Waals surface area (Å²) in [6, 6.07) is 14.8. The summed E-state index contributed by atoms with van der Waals surface area (Å²) >= 11 is 0. The second-order valence-electron chi connectivity index (χ2n) is 7.13. The van der Waals surface area contributed by atoms with Crippen molar-refractivity contribution in [1.82, 2.24) is 10.2 Å². The van der Waals surface area contributed by atoms with Gasteiger partial charge in [-0.05, 0) is 34.7 Å². The number of nitrogens with one attached hydrogen (secondary N) is 1. The van der Waals surface area contributed by atoms with Gasteiger partial charge in [-0.2, -0.15) is 0 Å². The number of benzene rings is 2. The molecule has 1 fully saturated rings. The summed E-state index contributed by atoms with van der Waals surface area (Å²) in [5, 5.41) is 3.34. The zero-order valence-corrected chi connectivity index (χ0v) is 18.0. The summed E-state index contributed by atoms with van der Waals surface area (Å²) in [4.78, 5) is 2.36. The van der Waals surface area contributed by atoms with Gasteiger partial charge in [0.1, 0.15) is 5.75 Å². The molecule has 1 aliphatic rings. The van der Waals surface area contributed by atoms with E-state index in [9.17, 15) is 13.2 Å². The molecule has 0 bridgehead atoms. The lowest BCUT2D eigenvalue weighted by atomic mass is 9.93. The zero-order valence-electron chi connectivity index (χ0n) is 16.4. The molecule has 2 aromatic carbocycles. The quantitative estimate of drug-likeness (QED) is 0.646. The lowest BCUT2D eigenvalue weighted by molar-refractivity contribution is -0.274. The first-order valence-corrected chi connectivity index (χ1v) is 9.24. The second-order valence-corrected chi connectivity index (χ2v) is 7.13. The molecule has 3 rings (SSSR count). The SMILES string of the molecule is CC(C)c1ccc([C@@H](c2ccc(OC(F)(F)F)cc2)N2CCNCC2)cc1.Cl.Cl. The lowest BCUT2D eigenvalue weighted by Crippen LogP contribution is -2.45. The largest absolute Gasteiger partial charge is 0.573 e. The molecule has 0 unspecified atom stereocenters. The molecule has 0 radical (unpaired) electrons. The number of hydrogen-bond acceptors (Lipinski definition) is 3. The Balaban J connectivity index is 0.00000210. The van der Waals surface area contributed by atoms with Crippen molar-refractivity contribution >= 4 is 24.8 Å². The van der Waals surface area contributed by atoms with Gasteiger partial charge < -0.3 is 10.1 Å². The van der Waals surface area contributed by atoms with Crippen LogP contribution in [0.4, 0.5) is 13.2 Å². The van der Waals surface area contributed by atoms with Crippen LogP contribution in [0.25, 0.3) is 0 Å². The average Bonchev–Trinajstić information content (AvgIpc) is 2.63. The van der Waals surface area contributed by atoms with Crippen molar-refractivity contribution < 1.29 is 17.9 Å². The zero-order chi connectivity index (χ0) is 19.4. The third kappa shape index (κ3) is 7.07. The molecule has 8 heteroatoms. The molecule has 0 aliphatic carbocycles. The number of piperazine rings is 1. The third-order valence-corrected chi connectivity index (χ3v) is 4.87. The molecule has 29 heavy (non-hydrogen) atoms. The van der Waals surface area contributed by atoms with Crippen LogP contribution < -0.4 is 10.1 Å². The smallest absolute Gasteiger partial charge is 0.406 e. The molecule has 162 valence electrons. The van der Waals surface area contributed by atoms with E-state index in [0.717, 1.165) is 37.3 Å². The molecule has 1 saturated heterocycles. The number of alkyl halides is 3. The third-order valence-electron chi connectivity index (χ3n) is 4.87. The lowest BCUT2D eigenvalue weighted by Gasteiger charge is -2.35. The van der Waals surface area contributed by atoms with Crippen molar-refractivity contribution in [3.63, 3.8) is 0 Å². The highest BCUT2D eigenvalue weighted by atomic mass is 35.5. The normalized spacial score (nSPS) is 15.9. The van der Waals surface area contributed by atoms with Crippen LogP contribution in [0.5, 0.6) is 5.75 Å². The molecule has 1 N–H and O–H groups in total. The van der Waals surface area contributed by atoms with Crippen LogP contribution in [0.2, 0.25) is 0 Å². The van der Waals surface area contributed by atoms with Gasteiger partial charge in [0.15, 0.2) is 0 Å². The number of ether oxygens (including phenoxy) is 1. The minimum atomic E-state index is -4.67. The predicted molar refractivity (Wildman–Crippen MR) is 114 cm³/mol. The van der Waals surface area contributed by atoms with Gasteiger partial charge in [0, 0.05) is 26.2 Å². The fraction of sp³-hybridized carbons (Fsp3) is 0.429. The highest BCUT2D eigenvalue weighted by molar-refractivity contribution is 5.85. The van der Waals surface area contributed by atoms with Crippen molar-refractivity contribution in [2.75, 3.05) is 26.2 Å². The highest BCUT2D eigenvalue weighted by Gasteiger charge is 2.31. The van der Waals surface area contributed by atoms with Crippen molar-refractivity contribution in [3.05, 3.63) is 65.2 Å². The van der Waals surface area contributed by atoms with Crippen LogP contribution in [-0.2, 0) is 0 Å². The maximum Gasteiger partial charge on any atom is 0.573 e. The average molecular weight is 451 g/mol. The second kappa shape index (κ2) is 11.1.